The van der Waals surface area contributed by atoms with Gasteiger partial charge in [0.05, 0.1) is 17.5 Å². The number of carbonyl (C=O) groups excluding carboxylic acids is 3. The molecule has 1 fully saturated rings. The number of benzene rings is 1. The van der Waals surface area contributed by atoms with Crippen molar-refractivity contribution in [3.8, 4) is 5.69 Å². The number of pyridine rings is 1. The van der Waals surface area contributed by atoms with Crippen molar-refractivity contribution in [1.29, 1.82) is 0 Å². The second-order valence-electron chi connectivity index (χ2n) is 6.89. The van der Waals surface area contributed by atoms with Crippen LogP contribution in [0.5, 0.6) is 0 Å². The van der Waals surface area contributed by atoms with Crippen molar-refractivity contribution in [1.82, 2.24) is 14.5 Å². The van der Waals surface area contributed by atoms with Crippen LogP contribution < -0.4 is 0 Å². The summed E-state index contributed by atoms with van der Waals surface area (Å²) in [5.74, 6) is -1.13. The first-order valence-electron chi connectivity index (χ1n) is 9.25. The number of thioether (sulfide) groups is 1. The fourth-order valence-electron chi connectivity index (χ4n) is 3.50. The lowest BCUT2D eigenvalue weighted by atomic mass is 10.2. The summed E-state index contributed by atoms with van der Waals surface area (Å²) in [6, 6.07) is 11.9. The summed E-state index contributed by atoms with van der Waals surface area (Å²) >= 11 is 0.824. The molecule has 1 aromatic carbocycles. The largest absolute Gasteiger partial charge is 0.468 e. The van der Waals surface area contributed by atoms with E-state index >= 15 is 0 Å². The van der Waals surface area contributed by atoms with Gasteiger partial charge in [-0.2, -0.15) is 0 Å². The predicted octanol–water partition coefficient (Wildman–Crippen LogP) is 3.85. The zero-order valence-electron chi connectivity index (χ0n) is 16.7. The number of aryl methyl sites for hydroxylation is 1. The van der Waals surface area contributed by atoms with Gasteiger partial charge in [0, 0.05) is 28.7 Å². The van der Waals surface area contributed by atoms with Gasteiger partial charge < -0.3 is 9.30 Å². The third kappa shape index (κ3) is 3.50. The van der Waals surface area contributed by atoms with Crippen molar-refractivity contribution in [2.24, 2.45) is 0 Å². The maximum Gasteiger partial charge on any atom is 0.325 e. The lowest BCUT2D eigenvalue weighted by Gasteiger charge is -2.11. The molecule has 1 aliphatic rings. The molecule has 3 heterocycles. The van der Waals surface area contributed by atoms with Crippen LogP contribution in [0.2, 0.25) is 0 Å². The molecule has 4 rings (SSSR count). The monoisotopic (exact) mass is 421 g/mol. The number of fused-ring (bicyclic) bond motifs is 1. The normalized spacial score (nSPS) is 15.4. The second-order valence-corrected chi connectivity index (χ2v) is 7.88. The maximum absolute atomic E-state index is 12.6. The van der Waals surface area contributed by atoms with E-state index in [1.807, 2.05) is 44.2 Å². The van der Waals surface area contributed by atoms with Crippen molar-refractivity contribution >= 4 is 45.9 Å². The Morgan fingerprint density at radius 3 is 2.77 bits per heavy atom. The van der Waals surface area contributed by atoms with E-state index in [2.05, 4.69) is 20.4 Å². The first-order valence-corrected chi connectivity index (χ1v) is 10.1. The Morgan fingerprint density at radius 1 is 1.20 bits per heavy atom. The number of rotatable bonds is 4. The van der Waals surface area contributed by atoms with Gasteiger partial charge in [-0.25, -0.2) is 0 Å². The van der Waals surface area contributed by atoms with Gasteiger partial charge in [0.25, 0.3) is 11.1 Å². The van der Waals surface area contributed by atoms with E-state index in [-0.39, 0.29) is 11.4 Å². The summed E-state index contributed by atoms with van der Waals surface area (Å²) in [7, 11) is 1.22. The lowest BCUT2D eigenvalue weighted by molar-refractivity contribution is -0.143. The number of carbonyl (C=O) groups is 3. The smallest absolute Gasteiger partial charge is 0.325 e. The van der Waals surface area contributed by atoms with Crippen LogP contribution in [0.15, 0.2) is 47.5 Å². The first-order chi connectivity index (χ1) is 14.4. The molecule has 8 heteroatoms. The predicted molar refractivity (Wildman–Crippen MR) is 115 cm³/mol. The van der Waals surface area contributed by atoms with E-state index < -0.39 is 17.1 Å². The molecule has 7 nitrogen and oxygen atoms in total. The Kier molecular flexibility index (Phi) is 5.17. The number of ether oxygens (including phenoxy) is 1. The van der Waals surface area contributed by atoms with Gasteiger partial charge in [-0.15, -0.1) is 0 Å². The molecule has 0 saturated carbocycles. The molecule has 0 spiro atoms. The second kappa shape index (κ2) is 7.79. The van der Waals surface area contributed by atoms with Crippen molar-refractivity contribution in [3.05, 3.63) is 64.5 Å². The van der Waals surface area contributed by atoms with Gasteiger partial charge >= 0.3 is 5.97 Å². The minimum atomic E-state index is -0.637. The molecule has 0 atom stereocenters. The van der Waals surface area contributed by atoms with Gasteiger partial charge in [0.2, 0.25) is 0 Å². The van der Waals surface area contributed by atoms with E-state index in [0.29, 0.717) is 0 Å². The van der Waals surface area contributed by atoms with Crippen LogP contribution in [-0.2, 0) is 14.3 Å². The Labute approximate surface area is 177 Å². The van der Waals surface area contributed by atoms with Crippen molar-refractivity contribution in [3.63, 3.8) is 0 Å². The molecular weight excluding hydrogens is 402 g/mol. The van der Waals surface area contributed by atoms with Gasteiger partial charge in [-0.05, 0) is 67.6 Å². The van der Waals surface area contributed by atoms with E-state index in [1.165, 1.54) is 7.11 Å². The molecule has 0 unspecified atom stereocenters. The van der Waals surface area contributed by atoms with E-state index in [4.69, 9.17) is 0 Å². The highest BCUT2D eigenvalue weighted by Crippen LogP contribution is 2.34. The summed E-state index contributed by atoms with van der Waals surface area (Å²) in [5.41, 5.74) is 4.68. The molecule has 2 aromatic heterocycles. The average Bonchev–Trinajstić information content (AvgIpc) is 3.16. The summed E-state index contributed by atoms with van der Waals surface area (Å²) in [5, 5.41) is 0.556. The maximum atomic E-state index is 12.6. The van der Waals surface area contributed by atoms with Crippen LogP contribution in [0.25, 0.3) is 22.7 Å². The summed E-state index contributed by atoms with van der Waals surface area (Å²) in [4.78, 5) is 41.7. The van der Waals surface area contributed by atoms with Gasteiger partial charge in [0.1, 0.15) is 6.54 Å². The highest BCUT2D eigenvalue weighted by molar-refractivity contribution is 8.18. The van der Waals surface area contributed by atoms with Crippen LogP contribution in [-0.4, -0.2) is 45.2 Å². The number of amides is 2. The number of imide groups is 1. The van der Waals surface area contributed by atoms with Crippen molar-refractivity contribution in [2.45, 2.75) is 13.8 Å². The minimum Gasteiger partial charge on any atom is -0.468 e. The van der Waals surface area contributed by atoms with E-state index in [0.717, 1.165) is 50.2 Å². The van der Waals surface area contributed by atoms with Gasteiger partial charge in [-0.1, -0.05) is 6.07 Å². The average molecular weight is 421 g/mol. The highest BCUT2D eigenvalue weighted by Gasteiger charge is 2.36. The minimum absolute atomic E-state index is 0.284. The topological polar surface area (TPSA) is 81.5 Å². The van der Waals surface area contributed by atoms with Crippen molar-refractivity contribution < 1.29 is 19.1 Å². The number of hydrogen-bond acceptors (Lipinski definition) is 6. The molecule has 0 aliphatic carbocycles. The Morgan fingerprint density at radius 2 is 2.00 bits per heavy atom. The number of nitrogens with zero attached hydrogens (tertiary/aromatic N) is 3. The first kappa shape index (κ1) is 19.9. The molecular formula is C22H19N3O4S. The third-order valence-corrected chi connectivity index (χ3v) is 5.90. The van der Waals surface area contributed by atoms with Gasteiger partial charge in [-0.3, -0.25) is 24.3 Å². The number of hydrogen-bond donors (Lipinski definition) is 0. The van der Waals surface area contributed by atoms with Crippen LogP contribution in [0, 0.1) is 13.8 Å². The molecule has 0 N–H and O–H groups in total. The zero-order chi connectivity index (χ0) is 21.4. The van der Waals surface area contributed by atoms with Crippen molar-refractivity contribution in [2.75, 3.05) is 13.7 Å². The Balaban J connectivity index is 1.69. The zero-order valence-corrected chi connectivity index (χ0v) is 17.5. The van der Waals surface area contributed by atoms with Gasteiger partial charge in [0.15, 0.2) is 0 Å². The standard InChI is InChI=1S/C22H19N3O4S/c1-13-9-16(11-19-21(27)24(22(28)30-19)12-20(26)29-3)14(2)25(13)17-6-7-18-15(10-17)5-4-8-23-18/h4-11H,12H2,1-3H3/b19-11+. The SMILES string of the molecule is COC(=O)CN1C(=O)S/C(=C/c2cc(C)n(-c3ccc4ncccc4c3)c2C)C1=O. The molecule has 1 saturated heterocycles. The molecule has 2 amide bonds. The number of aromatic nitrogens is 2. The van der Waals surface area contributed by atoms with Crippen LogP contribution in [0.1, 0.15) is 17.0 Å². The summed E-state index contributed by atoms with van der Waals surface area (Å²) in [6.07, 6.45) is 3.46. The summed E-state index contributed by atoms with van der Waals surface area (Å²) in [6.45, 7) is 3.56. The molecule has 3 aromatic rings. The van der Waals surface area contributed by atoms with E-state index in [1.54, 1.807) is 12.3 Å². The number of esters is 1. The molecule has 1 aliphatic heterocycles. The Hall–Kier alpha value is -3.39. The van der Waals surface area contributed by atoms with Crippen LogP contribution in [0.3, 0.4) is 0 Å². The molecule has 0 bridgehead atoms. The van der Waals surface area contributed by atoms with E-state index in [9.17, 15) is 14.4 Å². The molecule has 0 radical (unpaired) electrons. The quantitative estimate of drug-likeness (QED) is 0.470. The lowest BCUT2D eigenvalue weighted by Crippen LogP contribution is -2.34. The van der Waals surface area contributed by atoms with Crippen LogP contribution >= 0.6 is 11.8 Å². The third-order valence-electron chi connectivity index (χ3n) is 4.99. The summed E-state index contributed by atoms with van der Waals surface area (Å²) < 4.78 is 6.65. The molecule has 30 heavy (non-hydrogen) atoms. The molecule has 152 valence electrons. The van der Waals surface area contributed by atoms with Crippen LogP contribution in [0.4, 0.5) is 4.79 Å². The Bertz CT molecular complexity index is 1230. The number of methoxy groups -OCH3 is 1. The fourth-order valence-corrected chi connectivity index (χ4v) is 4.33. The highest BCUT2D eigenvalue weighted by atomic mass is 32.2. The fraction of sp³-hybridized carbons (Fsp3) is 0.182.